The molecule has 6 nitrogen and oxygen atoms in total. The van der Waals surface area contributed by atoms with Crippen molar-refractivity contribution in [3.8, 4) is 5.69 Å². The van der Waals surface area contributed by atoms with E-state index in [0.29, 0.717) is 17.3 Å². The third kappa shape index (κ3) is 3.82. The first kappa shape index (κ1) is 21.8. The maximum absolute atomic E-state index is 13.8. The number of hydrogen-bond donors (Lipinski definition) is 1. The molecule has 2 heterocycles. The minimum atomic E-state index is -0.520. The minimum absolute atomic E-state index is 0.284. The molecule has 0 unspecified atom stereocenters. The number of urea groups is 1. The number of amides is 2. The Hall–Kier alpha value is -4.03. The van der Waals surface area contributed by atoms with Gasteiger partial charge < -0.3 is 19.5 Å². The molecule has 0 aliphatic carbocycles. The number of nitrogens with zero attached hydrogens (tertiary/aromatic N) is 2. The molecule has 4 aromatic rings. The fraction of sp³-hybridized carbons (Fsp3) is 0.111. The lowest BCUT2D eigenvalue weighted by molar-refractivity contribution is 0.0602. The summed E-state index contributed by atoms with van der Waals surface area (Å²) in [5, 5.41) is 3.50. The maximum atomic E-state index is 13.8. The van der Waals surface area contributed by atoms with Gasteiger partial charge in [0.2, 0.25) is 0 Å². The number of rotatable bonds is 3. The number of hydrogen-bond acceptors (Lipinski definition) is 3. The lowest BCUT2D eigenvalue weighted by Gasteiger charge is -2.31. The van der Waals surface area contributed by atoms with Crippen molar-refractivity contribution in [3.05, 3.63) is 119 Å². The van der Waals surface area contributed by atoms with Crippen LogP contribution in [0.5, 0.6) is 0 Å². The van der Waals surface area contributed by atoms with Crippen LogP contribution in [0.25, 0.3) is 5.69 Å². The number of halogens is 1. The van der Waals surface area contributed by atoms with Gasteiger partial charge in [-0.25, -0.2) is 9.59 Å². The zero-order valence-corrected chi connectivity index (χ0v) is 19.2. The summed E-state index contributed by atoms with van der Waals surface area (Å²) in [5.74, 6) is -0.520. The molecule has 1 aliphatic heterocycles. The van der Waals surface area contributed by atoms with Gasteiger partial charge in [-0.05, 0) is 47.5 Å². The van der Waals surface area contributed by atoms with E-state index >= 15 is 0 Å². The van der Waals surface area contributed by atoms with Gasteiger partial charge in [0.05, 0.1) is 36.3 Å². The number of anilines is 1. The number of para-hydroxylation sites is 2. The van der Waals surface area contributed by atoms with Crippen molar-refractivity contribution in [1.29, 1.82) is 0 Å². The third-order valence-corrected chi connectivity index (χ3v) is 6.34. The molecule has 0 fully saturated rings. The van der Waals surface area contributed by atoms with Crippen LogP contribution < -0.4 is 5.32 Å². The van der Waals surface area contributed by atoms with Crippen LogP contribution in [0.3, 0.4) is 0 Å². The number of carbonyl (C=O) groups is 2. The summed E-state index contributed by atoms with van der Waals surface area (Å²) in [6.45, 7) is 0.347. The van der Waals surface area contributed by atoms with E-state index in [1.165, 1.54) is 7.11 Å². The predicted molar refractivity (Wildman–Crippen MR) is 131 cm³/mol. The van der Waals surface area contributed by atoms with Crippen LogP contribution in [0.15, 0.2) is 91.1 Å². The van der Waals surface area contributed by atoms with Crippen LogP contribution in [-0.2, 0) is 11.3 Å². The second-order valence-electron chi connectivity index (χ2n) is 7.95. The summed E-state index contributed by atoms with van der Waals surface area (Å²) in [6.07, 6.45) is 1.99. The van der Waals surface area contributed by atoms with Crippen LogP contribution in [0.4, 0.5) is 10.5 Å². The molecule has 0 bridgehead atoms. The number of benzene rings is 3. The molecular formula is C27H22ClN3O3. The minimum Gasteiger partial charge on any atom is -0.465 e. The average molecular weight is 472 g/mol. The van der Waals surface area contributed by atoms with E-state index in [9.17, 15) is 9.59 Å². The number of aromatic nitrogens is 1. The van der Waals surface area contributed by atoms with Crippen molar-refractivity contribution in [2.45, 2.75) is 12.6 Å². The Morgan fingerprint density at radius 1 is 0.941 bits per heavy atom. The third-order valence-electron chi connectivity index (χ3n) is 6.00. The second kappa shape index (κ2) is 9.08. The van der Waals surface area contributed by atoms with E-state index < -0.39 is 12.0 Å². The van der Waals surface area contributed by atoms with Gasteiger partial charge in [-0.2, -0.15) is 0 Å². The zero-order valence-electron chi connectivity index (χ0n) is 18.4. The predicted octanol–water partition coefficient (Wildman–Crippen LogP) is 6.05. The Labute approximate surface area is 202 Å². The number of methoxy groups -OCH3 is 1. The number of nitrogens with one attached hydrogen (secondary N) is 1. The number of esters is 1. The van der Waals surface area contributed by atoms with Gasteiger partial charge in [0.25, 0.3) is 0 Å². The molecule has 34 heavy (non-hydrogen) atoms. The van der Waals surface area contributed by atoms with Gasteiger partial charge in [-0.1, -0.05) is 60.1 Å². The highest BCUT2D eigenvalue weighted by molar-refractivity contribution is 6.31. The number of ether oxygens (including phenoxy) is 1. The van der Waals surface area contributed by atoms with Crippen molar-refractivity contribution < 1.29 is 14.3 Å². The Morgan fingerprint density at radius 3 is 2.50 bits per heavy atom. The molecule has 0 saturated carbocycles. The molecule has 7 heteroatoms. The Kier molecular flexibility index (Phi) is 5.82. The molecule has 170 valence electrons. The normalized spacial score (nSPS) is 14.5. The van der Waals surface area contributed by atoms with Crippen molar-refractivity contribution in [2.24, 2.45) is 0 Å². The van der Waals surface area contributed by atoms with Crippen molar-refractivity contribution in [1.82, 2.24) is 9.47 Å². The highest BCUT2D eigenvalue weighted by Gasteiger charge is 2.34. The summed E-state index contributed by atoms with van der Waals surface area (Å²) >= 11 is 6.64. The molecule has 1 N–H and O–H groups in total. The van der Waals surface area contributed by atoms with E-state index in [-0.39, 0.29) is 11.6 Å². The molecular weight excluding hydrogens is 450 g/mol. The van der Waals surface area contributed by atoms with Gasteiger partial charge in [0.1, 0.15) is 6.04 Å². The van der Waals surface area contributed by atoms with Crippen LogP contribution in [0, 0.1) is 0 Å². The lowest BCUT2D eigenvalue weighted by atomic mass is 10.0. The summed E-state index contributed by atoms with van der Waals surface area (Å²) in [4.78, 5) is 27.8. The van der Waals surface area contributed by atoms with Crippen molar-refractivity contribution in [3.63, 3.8) is 0 Å². The zero-order chi connectivity index (χ0) is 23.7. The molecule has 2 amide bonds. The summed E-state index contributed by atoms with van der Waals surface area (Å²) in [7, 11) is 1.31. The Balaban J connectivity index is 1.63. The highest BCUT2D eigenvalue weighted by atomic mass is 35.5. The number of fused-ring (bicyclic) bond motifs is 3. The molecule has 1 aliphatic rings. The summed E-state index contributed by atoms with van der Waals surface area (Å²) in [6, 6.07) is 25.5. The first-order valence-electron chi connectivity index (χ1n) is 10.8. The second-order valence-corrected chi connectivity index (χ2v) is 8.36. The van der Waals surface area contributed by atoms with Crippen LogP contribution >= 0.6 is 11.6 Å². The van der Waals surface area contributed by atoms with Crippen molar-refractivity contribution >= 4 is 29.3 Å². The topological polar surface area (TPSA) is 63.6 Å². The van der Waals surface area contributed by atoms with E-state index in [2.05, 4.69) is 9.88 Å². The molecule has 0 radical (unpaired) electrons. The molecule has 1 aromatic heterocycles. The van der Waals surface area contributed by atoms with Crippen LogP contribution in [0.2, 0.25) is 5.02 Å². The van der Waals surface area contributed by atoms with E-state index in [4.69, 9.17) is 16.3 Å². The molecule has 0 saturated heterocycles. The smallest absolute Gasteiger partial charge is 0.339 e. The SMILES string of the molecule is COC(=O)c1ccccc1NC(=O)N1Cc2ccccc2-n2cccc2[C@H]1c1ccccc1Cl. The quantitative estimate of drug-likeness (QED) is 0.370. The Morgan fingerprint density at radius 2 is 1.68 bits per heavy atom. The largest absolute Gasteiger partial charge is 0.465 e. The summed E-state index contributed by atoms with van der Waals surface area (Å²) < 4.78 is 6.98. The Bertz CT molecular complexity index is 1380. The van der Waals surface area contributed by atoms with Crippen LogP contribution in [0.1, 0.15) is 33.2 Å². The van der Waals surface area contributed by atoms with E-state index in [1.807, 2.05) is 66.9 Å². The fourth-order valence-corrected chi connectivity index (χ4v) is 4.67. The molecule has 3 aromatic carbocycles. The first-order chi connectivity index (χ1) is 16.6. The maximum Gasteiger partial charge on any atom is 0.339 e. The molecule has 5 rings (SSSR count). The van der Waals surface area contributed by atoms with Crippen molar-refractivity contribution in [2.75, 3.05) is 12.4 Å². The fourth-order valence-electron chi connectivity index (χ4n) is 4.43. The van der Waals surface area contributed by atoms with Gasteiger partial charge in [0.15, 0.2) is 0 Å². The van der Waals surface area contributed by atoms with Gasteiger partial charge in [0, 0.05) is 11.2 Å². The van der Waals surface area contributed by atoms with Gasteiger partial charge >= 0.3 is 12.0 Å². The highest BCUT2D eigenvalue weighted by Crippen LogP contribution is 2.39. The molecule has 0 spiro atoms. The summed E-state index contributed by atoms with van der Waals surface area (Å²) in [5.41, 5.74) is 4.38. The average Bonchev–Trinajstić information content (AvgIpc) is 3.29. The van der Waals surface area contributed by atoms with Crippen LogP contribution in [-0.4, -0.2) is 28.6 Å². The molecule has 1 atom stereocenters. The number of carbonyl (C=O) groups excluding carboxylic acids is 2. The van der Waals surface area contributed by atoms with E-state index in [0.717, 1.165) is 22.5 Å². The monoisotopic (exact) mass is 471 g/mol. The van der Waals surface area contributed by atoms with Gasteiger partial charge in [-0.3, -0.25) is 0 Å². The lowest BCUT2D eigenvalue weighted by Crippen LogP contribution is -2.38. The first-order valence-corrected chi connectivity index (χ1v) is 11.2. The van der Waals surface area contributed by atoms with E-state index in [1.54, 1.807) is 29.2 Å². The van der Waals surface area contributed by atoms with Gasteiger partial charge in [-0.15, -0.1) is 0 Å². The standard InChI is InChI=1S/C27H22ClN3O3/c1-34-26(32)20-11-4-6-13-22(20)29-27(33)31-17-18-9-2-7-14-23(18)30-16-8-15-24(30)25(31)19-10-3-5-12-21(19)28/h2-16,25H,17H2,1H3,(H,29,33)/t25-/m1/s1.